The molecule has 5 nitrogen and oxygen atoms in total. The van der Waals surface area contributed by atoms with Crippen molar-refractivity contribution in [2.75, 3.05) is 13.9 Å². The summed E-state index contributed by atoms with van der Waals surface area (Å²) in [5, 5.41) is 0.269. The van der Waals surface area contributed by atoms with Gasteiger partial charge < -0.3 is 15.3 Å². The Labute approximate surface area is 79.9 Å². The molecule has 0 saturated heterocycles. The molecule has 13 heavy (non-hydrogen) atoms. The zero-order valence-corrected chi connectivity index (χ0v) is 7.75. The first-order chi connectivity index (χ1) is 6.16. The van der Waals surface area contributed by atoms with Gasteiger partial charge in [0.2, 0.25) is 6.79 Å². The van der Waals surface area contributed by atoms with Crippen molar-refractivity contribution >= 4 is 17.5 Å². The van der Waals surface area contributed by atoms with Gasteiger partial charge in [-0.3, -0.25) is 4.79 Å². The smallest absolute Gasteiger partial charge is 0.268 e. The van der Waals surface area contributed by atoms with Crippen LogP contribution in [0.15, 0.2) is 12.1 Å². The van der Waals surface area contributed by atoms with E-state index in [0.717, 1.165) is 4.73 Å². The highest BCUT2D eigenvalue weighted by atomic mass is 35.5. The molecule has 72 valence electrons. The van der Waals surface area contributed by atoms with E-state index in [9.17, 15) is 4.79 Å². The van der Waals surface area contributed by atoms with Gasteiger partial charge in [-0.2, -0.15) is 4.73 Å². The second-order valence-corrected chi connectivity index (χ2v) is 2.62. The zero-order valence-electron chi connectivity index (χ0n) is 6.99. The molecule has 0 spiro atoms. The van der Waals surface area contributed by atoms with Crippen molar-refractivity contribution in [2.45, 2.75) is 0 Å². The van der Waals surface area contributed by atoms with Crippen LogP contribution in [0.4, 0.5) is 0 Å². The lowest BCUT2D eigenvalue weighted by Crippen LogP contribution is -2.23. The summed E-state index contributed by atoms with van der Waals surface area (Å²) >= 11 is 5.70. The number of halogens is 1. The monoisotopic (exact) mass is 204 g/mol. The number of carbonyl (C=O) groups is 1. The number of aromatic nitrogens is 1. The molecule has 1 aromatic rings. The van der Waals surface area contributed by atoms with E-state index in [1.165, 1.54) is 19.2 Å². The SMILES string of the molecule is COCOn1c(Cl)ccc1C(N)=O. The molecule has 0 bridgehead atoms. The molecule has 1 aromatic heterocycles. The molecule has 0 aliphatic rings. The first-order valence-electron chi connectivity index (χ1n) is 3.46. The van der Waals surface area contributed by atoms with Crippen LogP contribution in [0.25, 0.3) is 0 Å². The average Bonchev–Trinajstić information content (AvgIpc) is 2.43. The summed E-state index contributed by atoms with van der Waals surface area (Å²) < 4.78 is 5.77. The molecule has 0 aromatic carbocycles. The topological polar surface area (TPSA) is 66.5 Å². The predicted molar refractivity (Wildman–Crippen MR) is 46.4 cm³/mol. The van der Waals surface area contributed by atoms with E-state index in [1.807, 2.05) is 0 Å². The second-order valence-electron chi connectivity index (χ2n) is 2.24. The summed E-state index contributed by atoms with van der Waals surface area (Å²) in [6.45, 7) is -0.00528. The third kappa shape index (κ3) is 2.13. The molecule has 0 saturated carbocycles. The van der Waals surface area contributed by atoms with Gasteiger partial charge in [-0.25, -0.2) is 0 Å². The minimum atomic E-state index is -0.608. The van der Waals surface area contributed by atoms with Gasteiger partial charge in [0.05, 0.1) is 0 Å². The molecule has 0 fully saturated rings. The Bertz CT molecular complexity index is 311. The first-order valence-corrected chi connectivity index (χ1v) is 3.84. The fraction of sp³-hybridized carbons (Fsp3) is 0.286. The Morgan fingerprint density at radius 2 is 2.38 bits per heavy atom. The van der Waals surface area contributed by atoms with Crippen LogP contribution in [0.2, 0.25) is 5.15 Å². The van der Waals surface area contributed by atoms with E-state index in [1.54, 1.807) is 0 Å². The molecule has 0 unspecified atom stereocenters. The van der Waals surface area contributed by atoms with Gasteiger partial charge in [0.1, 0.15) is 10.8 Å². The average molecular weight is 205 g/mol. The predicted octanol–water partition coefficient (Wildman–Crippen LogP) is 0.273. The Hall–Kier alpha value is -1.20. The van der Waals surface area contributed by atoms with Gasteiger partial charge in [0, 0.05) is 7.11 Å². The molecule has 1 heterocycles. The van der Waals surface area contributed by atoms with Crippen LogP contribution in [0.3, 0.4) is 0 Å². The van der Waals surface area contributed by atoms with Crippen LogP contribution in [-0.2, 0) is 4.74 Å². The van der Waals surface area contributed by atoms with Crippen molar-refractivity contribution < 1.29 is 14.4 Å². The summed E-state index contributed by atoms with van der Waals surface area (Å²) in [6, 6.07) is 2.98. The molecule has 0 atom stereocenters. The van der Waals surface area contributed by atoms with Gasteiger partial charge in [-0.05, 0) is 12.1 Å². The second kappa shape index (κ2) is 4.15. The van der Waals surface area contributed by atoms with Crippen LogP contribution in [0.1, 0.15) is 10.5 Å². The molecule has 0 radical (unpaired) electrons. The third-order valence-corrected chi connectivity index (χ3v) is 1.62. The van der Waals surface area contributed by atoms with E-state index in [4.69, 9.17) is 22.2 Å². The van der Waals surface area contributed by atoms with Gasteiger partial charge in [0.25, 0.3) is 5.91 Å². The van der Waals surface area contributed by atoms with Crippen molar-refractivity contribution in [1.29, 1.82) is 0 Å². The van der Waals surface area contributed by atoms with E-state index < -0.39 is 5.91 Å². The Morgan fingerprint density at radius 3 is 2.92 bits per heavy atom. The lowest BCUT2D eigenvalue weighted by atomic mass is 10.4. The van der Waals surface area contributed by atoms with E-state index in [0.29, 0.717) is 0 Å². The highest BCUT2D eigenvalue weighted by Gasteiger charge is 2.11. The molecular formula is C7H9ClN2O3. The Kier molecular flexibility index (Phi) is 3.16. The van der Waals surface area contributed by atoms with E-state index in [-0.39, 0.29) is 17.6 Å². The Balaban J connectivity index is 2.88. The van der Waals surface area contributed by atoms with Crippen LogP contribution >= 0.6 is 11.6 Å². The fourth-order valence-electron chi connectivity index (χ4n) is 0.817. The lowest BCUT2D eigenvalue weighted by Gasteiger charge is -2.08. The summed E-state index contributed by atoms with van der Waals surface area (Å²) in [7, 11) is 1.46. The number of hydrogen-bond acceptors (Lipinski definition) is 3. The Morgan fingerprint density at radius 1 is 1.69 bits per heavy atom. The van der Waals surface area contributed by atoms with Crippen molar-refractivity contribution in [2.24, 2.45) is 5.73 Å². The molecule has 1 amide bonds. The van der Waals surface area contributed by atoms with Gasteiger partial charge in [-0.1, -0.05) is 11.6 Å². The highest BCUT2D eigenvalue weighted by Crippen LogP contribution is 2.12. The number of methoxy groups -OCH3 is 1. The summed E-state index contributed by atoms with van der Waals surface area (Å²) in [5.74, 6) is -0.608. The number of nitrogens with zero attached hydrogens (tertiary/aromatic N) is 1. The third-order valence-electron chi connectivity index (χ3n) is 1.34. The maximum Gasteiger partial charge on any atom is 0.268 e. The zero-order chi connectivity index (χ0) is 9.84. The van der Waals surface area contributed by atoms with Crippen molar-refractivity contribution in [3.63, 3.8) is 0 Å². The normalized spacial score (nSPS) is 10.0. The molecular weight excluding hydrogens is 196 g/mol. The number of rotatable bonds is 4. The van der Waals surface area contributed by atoms with Crippen molar-refractivity contribution in [3.8, 4) is 0 Å². The first kappa shape index (κ1) is 9.88. The summed E-state index contributed by atoms with van der Waals surface area (Å²) in [6.07, 6.45) is 0. The van der Waals surface area contributed by atoms with Gasteiger partial charge in [0.15, 0.2) is 0 Å². The standard InChI is InChI=1S/C7H9ClN2O3/c1-12-4-13-10-5(7(9)11)2-3-6(10)8/h2-3H,4H2,1H3,(H2,9,11). The molecule has 2 N–H and O–H groups in total. The quantitative estimate of drug-likeness (QED) is 0.716. The largest absolute Gasteiger partial charge is 0.384 e. The highest BCUT2D eigenvalue weighted by molar-refractivity contribution is 6.29. The van der Waals surface area contributed by atoms with Crippen molar-refractivity contribution in [1.82, 2.24) is 4.73 Å². The fourth-order valence-corrected chi connectivity index (χ4v) is 1.02. The van der Waals surface area contributed by atoms with Gasteiger partial charge in [-0.15, -0.1) is 0 Å². The van der Waals surface area contributed by atoms with E-state index in [2.05, 4.69) is 4.74 Å². The maximum atomic E-state index is 10.8. The number of hydrogen-bond donors (Lipinski definition) is 1. The molecule has 0 aliphatic heterocycles. The van der Waals surface area contributed by atoms with Crippen molar-refractivity contribution in [3.05, 3.63) is 23.0 Å². The number of primary amides is 1. The number of ether oxygens (including phenoxy) is 1. The molecule has 0 aliphatic carbocycles. The molecule has 1 rings (SSSR count). The summed E-state index contributed by atoms with van der Waals surface area (Å²) in [4.78, 5) is 15.8. The van der Waals surface area contributed by atoms with Gasteiger partial charge >= 0.3 is 0 Å². The lowest BCUT2D eigenvalue weighted by molar-refractivity contribution is -0.0390. The van der Waals surface area contributed by atoms with E-state index >= 15 is 0 Å². The number of carbonyl (C=O) groups excluding carboxylic acids is 1. The minimum absolute atomic E-state index is 0.00528. The van der Waals surface area contributed by atoms with Crippen LogP contribution in [0, 0.1) is 0 Å². The number of amides is 1. The van der Waals surface area contributed by atoms with Crippen LogP contribution in [0.5, 0.6) is 0 Å². The maximum absolute atomic E-state index is 10.8. The van der Waals surface area contributed by atoms with Crippen LogP contribution < -0.4 is 10.6 Å². The summed E-state index contributed by atoms with van der Waals surface area (Å²) in [5.41, 5.74) is 5.24. The minimum Gasteiger partial charge on any atom is -0.384 e. The van der Waals surface area contributed by atoms with Crippen LogP contribution in [-0.4, -0.2) is 24.5 Å². The number of nitrogens with two attached hydrogens (primary N) is 1. The molecule has 6 heteroatoms.